The number of hydrogen-bond acceptors (Lipinski definition) is 6. The molecule has 0 heterocycles. The van der Waals surface area contributed by atoms with Crippen molar-refractivity contribution in [3.05, 3.63) is 0 Å². The van der Waals surface area contributed by atoms with Gasteiger partial charge in [0.2, 0.25) is 0 Å². The maximum absolute atomic E-state index is 11.3. The van der Waals surface area contributed by atoms with Gasteiger partial charge >= 0.3 is 24.0 Å². The number of aliphatic carboxylic acids is 2. The second kappa shape index (κ2) is 8.08. The van der Waals surface area contributed by atoms with Crippen molar-refractivity contribution in [2.75, 3.05) is 6.61 Å². The largest absolute Gasteiger partial charge is 0.481 e. The van der Waals surface area contributed by atoms with Crippen LogP contribution in [0.5, 0.6) is 0 Å². The number of rotatable bonds is 7. The first-order valence-corrected chi connectivity index (χ1v) is 6.11. The van der Waals surface area contributed by atoms with Crippen LogP contribution < -0.4 is 5.32 Å². The van der Waals surface area contributed by atoms with E-state index in [4.69, 9.17) is 14.9 Å². The maximum Gasteiger partial charge on any atom is 0.407 e. The number of hydrogen-bond donors (Lipinski definition) is 3. The molecule has 21 heavy (non-hydrogen) atoms. The van der Waals surface area contributed by atoms with E-state index in [0.29, 0.717) is 0 Å². The number of nitrogens with one attached hydrogen (secondary N) is 1. The van der Waals surface area contributed by atoms with E-state index in [0.717, 1.165) is 0 Å². The highest BCUT2D eigenvalue weighted by molar-refractivity contribution is 5.84. The Bertz CT molecular complexity index is 412. The van der Waals surface area contributed by atoms with Crippen LogP contribution in [0.2, 0.25) is 0 Å². The normalized spacial score (nSPS) is 12.1. The van der Waals surface area contributed by atoms with Crippen LogP contribution in [-0.2, 0) is 23.9 Å². The summed E-state index contributed by atoms with van der Waals surface area (Å²) in [6.45, 7) is 4.74. The summed E-state index contributed by atoms with van der Waals surface area (Å²) in [7, 11) is 0. The van der Waals surface area contributed by atoms with Crippen LogP contribution in [0.25, 0.3) is 0 Å². The SMILES string of the molecule is CC(C)(C)OC(=O)CCOC(=O)NC(CC(=O)O)C(=O)O. The standard InChI is InChI=1S/C12H19NO8/c1-12(2,3)21-9(16)4-5-20-11(19)13-7(10(17)18)6-8(14)15/h7H,4-6H2,1-3H3,(H,13,19)(H,14,15)(H,17,18). The zero-order chi connectivity index (χ0) is 16.6. The molecule has 0 saturated heterocycles. The number of carboxylic acid groups (broad SMARTS) is 2. The maximum atomic E-state index is 11.3. The molecule has 1 atom stereocenters. The van der Waals surface area contributed by atoms with E-state index in [9.17, 15) is 19.2 Å². The molecule has 0 aromatic rings. The minimum atomic E-state index is -1.60. The Morgan fingerprint density at radius 1 is 1.14 bits per heavy atom. The summed E-state index contributed by atoms with van der Waals surface area (Å²) in [6.07, 6.45) is -2.09. The van der Waals surface area contributed by atoms with Crippen molar-refractivity contribution in [1.82, 2.24) is 5.32 Å². The van der Waals surface area contributed by atoms with Crippen LogP contribution in [0, 0.1) is 0 Å². The second-order valence-electron chi connectivity index (χ2n) is 5.11. The molecule has 0 spiro atoms. The molecule has 9 nitrogen and oxygen atoms in total. The Kier molecular flexibility index (Phi) is 7.18. The predicted octanol–water partition coefficient (Wildman–Crippen LogP) is 0.372. The van der Waals surface area contributed by atoms with Gasteiger partial charge in [-0.1, -0.05) is 0 Å². The monoisotopic (exact) mass is 305 g/mol. The fraction of sp³-hybridized carbons (Fsp3) is 0.667. The molecule has 120 valence electrons. The van der Waals surface area contributed by atoms with Gasteiger partial charge in [0.05, 0.1) is 12.8 Å². The highest BCUT2D eigenvalue weighted by Crippen LogP contribution is 2.08. The molecular formula is C12H19NO8. The summed E-state index contributed by atoms with van der Waals surface area (Å²) in [6, 6.07) is -1.60. The van der Waals surface area contributed by atoms with Crippen molar-refractivity contribution in [1.29, 1.82) is 0 Å². The third-order valence-corrected chi connectivity index (χ3v) is 1.93. The predicted molar refractivity (Wildman–Crippen MR) is 68.6 cm³/mol. The van der Waals surface area contributed by atoms with Crippen molar-refractivity contribution in [2.45, 2.75) is 45.3 Å². The smallest absolute Gasteiger partial charge is 0.407 e. The molecule has 0 rings (SSSR count). The van der Waals surface area contributed by atoms with Crippen molar-refractivity contribution in [2.24, 2.45) is 0 Å². The van der Waals surface area contributed by atoms with Gasteiger partial charge in [0.1, 0.15) is 18.2 Å². The van der Waals surface area contributed by atoms with E-state index in [-0.39, 0.29) is 13.0 Å². The number of alkyl carbamates (subject to hydrolysis) is 1. The number of esters is 1. The van der Waals surface area contributed by atoms with Crippen LogP contribution in [-0.4, -0.2) is 52.5 Å². The van der Waals surface area contributed by atoms with E-state index in [1.165, 1.54) is 0 Å². The Balaban J connectivity index is 4.11. The van der Waals surface area contributed by atoms with Gasteiger partial charge in [-0.15, -0.1) is 0 Å². The first-order valence-electron chi connectivity index (χ1n) is 6.11. The molecule has 0 aliphatic rings. The molecule has 0 aliphatic heterocycles. The first-order chi connectivity index (χ1) is 9.51. The molecule has 1 amide bonds. The highest BCUT2D eigenvalue weighted by Gasteiger charge is 2.24. The lowest BCUT2D eigenvalue weighted by molar-refractivity contribution is -0.155. The van der Waals surface area contributed by atoms with Gasteiger partial charge in [-0.2, -0.15) is 0 Å². The molecule has 0 radical (unpaired) electrons. The van der Waals surface area contributed by atoms with Crippen LogP contribution in [0.15, 0.2) is 0 Å². The van der Waals surface area contributed by atoms with Crippen LogP contribution >= 0.6 is 0 Å². The zero-order valence-corrected chi connectivity index (χ0v) is 12.0. The summed E-state index contributed by atoms with van der Waals surface area (Å²) in [4.78, 5) is 43.7. The highest BCUT2D eigenvalue weighted by atomic mass is 16.6. The summed E-state index contributed by atoms with van der Waals surface area (Å²) in [5.41, 5.74) is -0.658. The van der Waals surface area contributed by atoms with Gasteiger partial charge in [0, 0.05) is 0 Å². The molecule has 9 heteroatoms. The van der Waals surface area contributed by atoms with Gasteiger partial charge in [-0.25, -0.2) is 9.59 Å². The van der Waals surface area contributed by atoms with Crippen molar-refractivity contribution >= 4 is 24.0 Å². The first kappa shape index (κ1) is 18.7. The summed E-state index contributed by atoms with van der Waals surface area (Å²) in [5, 5.41) is 19.1. The number of carbonyl (C=O) groups is 4. The average molecular weight is 305 g/mol. The van der Waals surface area contributed by atoms with E-state index < -0.39 is 42.1 Å². The fourth-order valence-corrected chi connectivity index (χ4v) is 1.18. The molecule has 0 aliphatic carbocycles. The molecule has 1 unspecified atom stereocenters. The number of amides is 1. The third-order valence-electron chi connectivity index (χ3n) is 1.93. The minimum Gasteiger partial charge on any atom is -0.481 e. The van der Waals surface area contributed by atoms with E-state index >= 15 is 0 Å². The Labute approximate surface area is 121 Å². The molecular weight excluding hydrogens is 286 g/mol. The van der Waals surface area contributed by atoms with Gasteiger partial charge in [-0.3, -0.25) is 9.59 Å². The molecule has 0 fully saturated rings. The Morgan fingerprint density at radius 3 is 2.14 bits per heavy atom. The Morgan fingerprint density at radius 2 is 1.71 bits per heavy atom. The number of carbonyl (C=O) groups excluding carboxylic acids is 2. The van der Waals surface area contributed by atoms with Crippen molar-refractivity contribution < 1.29 is 38.9 Å². The number of ether oxygens (including phenoxy) is 2. The molecule has 3 N–H and O–H groups in total. The van der Waals surface area contributed by atoms with Crippen molar-refractivity contribution in [3.8, 4) is 0 Å². The van der Waals surface area contributed by atoms with E-state index in [1.54, 1.807) is 20.8 Å². The zero-order valence-electron chi connectivity index (χ0n) is 12.0. The molecule has 0 aromatic heterocycles. The summed E-state index contributed by atoms with van der Waals surface area (Å²) in [5.74, 6) is -3.45. The fourth-order valence-electron chi connectivity index (χ4n) is 1.18. The molecule has 0 aromatic carbocycles. The lowest BCUT2D eigenvalue weighted by Gasteiger charge is -2.19. The summed E-state index contributed by atoms with van der Waals surface area (Å²) >= 11 is 0. The minimum absolute atomic E-state index is 0.193. The third kappa shape index (κ3) is 10.2. The van der Waals surface area contributed by atoms with Gasteiger partial charge in [0.15, 0.2) is 0 Å². The van der Waals surface area contributed by atoms with Gasteiger partial charge in [-0.05, 0) is 20.8 Å². The van der Waals surface area contributed by atoms with E-state index in [2.05, 4.69) is 4.74 Å². The number of carboxylic acids is 2. The van der Waals surface area contributed by atoms with Crippen LogP contribution in [0.4, 0.5) is 4.79 Å². The summed E-state index contributed by atoms with van der Waals surface area (Å²) < 4.78 is 9.55. The average Bonchev–Trinajstić information content (AvgIpc) is 2.24. The van der Waals surface area contributed by atoms with E-state index in [1.807, 2.05) is 5.32 Å². The van der Waals surface area contributed by atoms with Crippen molar-refractivity contribution in [3.63, 3.8) is 0 Å². The topological polar surface area (TPSA) is 139 Å². The lowest BCUT2D eigenvalue weighted by Crippen LogP contribution is -2.42. The van der Waals surface area contributed by atoms with Gasteiger partial charge < -0.3 is 25.0 Å². The van der Waals surface area contributed by atoms with Crippen LogP contribution in [0.3, 0.4) is 0 Å². The Hall–Kier alpha value is -2.32. The van der Waals surface area contributed by atoms with Gasteiger partial charge in [0.25, 0.3) is 0 Å². The lowest BCUT2D eigenvalue weighted by atomic mass is 10.2. The molecule has 0 saturated carbocycles. The second-order valence-corrected chi connectivity index (χ2v) is 5.11. The quantitative estimate of drug-likeness (QED) is 0.573. The molecule has 0 bridgehead atoms. The van der Waals surface area contributed by atoms with Crippen LogP contribution in [0.1, 0.15) is 33.6 Å².